The number of carbonyl (C=O) groups is 1. The van der Waals surface area contributed by atoms with Crippen LogP contribution >= 0.6 is 0 Å². The van der Waals surface area contributed by atoms with Crippen molar-refractivity contribution >= 4 is 11.7 Å². The van der Waals surface area contributed by atoms with E-state index in [0.29, 0.717) is 5.82 Å². The molecule has 0 atom stereocenters. The quantitative estimate of drug-likeness (QED) is 0.733. The van der Waals surface area contributed by atoms with Crippen molar-refractivity contribution in [1.29, 1.82) is 0 Å². The van der Waals surface area contributed by atoms with E-state index in [-0.39, 0.29) is 17.1 Å². The third-order valence-electron chi connectivity index (χ3n) is 2.13. The summed E-state index contributed by atoms with van der Waals surface area (Å²) in [6.45, 7) is 0. The van der Waals surface area contributed by atoms with Crippen LogP contribution in [0.3, 0.4) is 0 Å². The van der Waals surface area contributed by atoms with Gasteiger partial charge in [0.15, 0.2) is 0 Å². The van der Waals surface area contributed by atoms with E-state index in [0.717, 1.165) is 6.07 Å². The smallest absolute Gasteiger partial charge is 0.260 e. The van der Waals surface area contributed by atoms with E-state index in [4.69, 9.17) is 5.11 Å². The van der Waals surface area contributed by atoms with Crippen molar-refractivity contribution in [2.45, 2.75) is 0 Å². The fraction of sp³-hybridized carbons (Fsp3) is 0. The van der Waals surface area contributed by atoms with Gasteiger partial charge in [-0.05, 0) is 24.3 Å². The molecule has 1 aromatic heterocycles. The third-order valence-corrected chi connectivity index (χ3v) is 2.13. The first-order chi connectivity index (χ1) is 8.16. The number of rotatable bonds is 2. The Kier molecular flexibility index (Phi) is 2.91. The zero-order valence-electron chi connectivity index (χ0n) is 8.79. The molecule has 0 radical (unpaired) electrons. The summed E-state index contributed by atoms with van der Waals surface area (Å²) in [5, 5.41) is 21.1. The lowest BCUT2D eigenvalue weighted by molar-refractivity contribution is 0.102. The molecule has 0 aliphatic carbocycles. The van der Waals surface area contributed by atoms with Crippen molar-refractivity contribution in [3.8, 4) is 11.5 Å². The van der Waals surface area contributed by atoms with Crippen LogP contribution in [0.15, 0.2) is 42.6 Å². The van der Waals surface area contributed by atoms with Crippen molar-refractivity contribution in [3.63, 3.8) is 0 Å². The van der Waals surface area contributed by atoms with Crippen LogP contribution in [0, 0.1) is 0 Å². The number of phenols is 2. The maximum absolute atomic E-state index is 11.8. The number of aromatic nitrogens is 1. The Bertz CT molecular complexity index is 541. The van der Waals surface area contributed by atoms with Gasteiger partial charge in [-0.15, -0.1) is 0 Å². The largest absolute Gasteiger partial charge is 0.508 e. The minimum Gasteiger partial charge on any atom is -0.508 e. The van der Waals surface area contributed by atoms with Gasteiger partial charge in [0, 0.05) is 12.3 Å². The second kappa shape index (κ2) is 4.52. The van der Waals surface area contributed by atoms with E-state index < -0.39 is 5.91 Å². The van der Waals surface area contributed by atoms with Crippen LogP contribution < -0.4 is 5.32 Å². The van der Waals surface area contributed by atoms with Crippen molar-refractivity contribution in [1.82, 2.24) is 4.98 Å². The number of aromatic hydroxyl groups is 2. The van der Waals surface area contributed by atoms with E-state index in [1.54, 1.807) is 24.4 Å². The average molecular weight is 230 g/mol. The van der Waals surface area contributed by atoms with Gasteiger partial charge in [-0.1, -0.05) is 6.07 Å². The number of nitrogens with one attached hydrogen (secondary N) is 1. The summed E-state index contributed by atoms with van der Waals surface area (Å²) in [4.78, 5) is 15.7. The lowest BCUT2D eigenvalue weighted by Gasteiger charge is -2.05. The first-order valence-electron chi connectivity index (χ1n) is 4.91. The van der Waals surface area contributed by atoms with E-state index in [1.165, 1.54) is 12.1 Å². The van der Waals surface area contributed by atoms with Gasteiger partial charge in [0.05, 0.1) is 5.56 Å². The molecule has 0 unspecified atom stereocenters. The molecule has 0 aliphatic heterocycles. The molecule has 86 valence electrons. The van der Waals surface area contributed by atoms with Crippen molar-refractivity contribution in [3.05, 3.63) is 48.2 Å². The lowest BCUT2D eigenvalue weighted by atomic mass is 10.2. The number of hydrogen-bond acceptors (Lipinski definition) is 4. The zero-order valence-corrected chi connectivity index (χ0v) is 8.79. The van der Waals surface area contributed by atoms with Gasteiger partial charge in [-0.25, -0.2) is 4.98 Å². The molecule has 0 saturated carbocycles. The average Bonchev–Trinajstić information content (AvgIpc) is 2.30. The van der Waals surface area contributed by atoms with Crippen LogP contribution in [-0.2, 0) is 0 Å². The van der Waals surface area contributed by atoms with E-state index in [1.807, 2.05) is 0 Å². The molecule has 1 heterocycles. The Morgan fingerprint density at radius 2 is 2.00 bits per heavy atom. The van der Waals surface area contributed by atoms with Gasteiger partial charge in [0.25, 0.3) is 5.91 Å². The number of benzene rings is 1. The predicted octanol–water partition coefficient (Wildman–Crippen LogP) is 1.75. The molecule has 0 fully saturated rings. The standard InChI is InChI=1S/C12H10N2O3/c15-8-4-5-9(10(16)7-8)12(17)14-11-3-1-2-6-13-11/h1-7,15-16H,(H,13,14,17). The van der Waals surface area contributed by atoms with Gasteiger partial charge < -0.3 is 15.5 Å². The maximum atomic E-state index is 11.8. The number of phenolic OH excluding ortho intramolecular Hbond substituents is 2. The van der Waals surface area contributed by atoms with Crippen LogP contribution in [-0.4, -0.2) is 21.1 Å². The molecule has 2 rings (SSSR count). The number of nitrogens with zero attached hydrogens (tertiary/aromatic N) is 1. The molecule has 1 amide bonds. The molecule has 3 N–H and O–H groups in total. The van der Waals surface area contributed by atoms with Crippen LogP contribution in [0.5, 0.6) is 11.5 Å². The topological polar surface area (TPSA) is 82.5 Å². The van der Waals surface area contributed by atoms with Crippen molar-refractivity contribution in [2.24, 2.45) is 0 Å². The molecule has 0 bridgehead atoms. The number of pyridine rings is 1. The first kappa shape index (κ1) is 10.9. The number of carbonyl (C=O) groups excluding carboxylic acids is 1. The summed E-state index contributed by atoms with van der Waals surface area (Å²) in [5.74, 6) is -0.471. The van der Waals surface area contributed by atoms with Gasteiger partial charge in [-0.2, -0.15) is 0 Å². The highest BCUT2D eigenvalue weighted by Gasteiger charge is 2.11. The third kappa shape index (κ3) is 2.52. The summed E-state index contributed by atoms with van der Waals surface area (Å²) in [7, 11) is 0. The second-order valence-electron chi connectivity index (χ2n) is 3.37. The molecule has 0 aliphatic rings. The fourth-order valence-electron chi connectivity index (χ4n) is 1.33. The summed E-state index contributed by atoms with van der Waals surface area (Å²) in [6.07, 6.45) is 1.55. The Morgan fingerprint density at radius 3 is 2.65 bits per heavy atom. The lowest BCUT2D eigenvalue weighted by Crippen LogP contribution is -2.12. The SMILES string of the molecule is O=C(Nc1ccccn1)c1ccc(O)cc1O. The maximum Gasteiger partial charge on any atom is 0.260 e. The Balaban J connectivity index is 2.21. The molecule has 5 nitrogen and oxygen atoms in total. The first-order valence-corrected chi connectivity index (χ1v) is 4.91. The fourth-order valence-corrected chi connectivity index (χ4v) is 1.33. The van der Waals surface area contributed by atoms with Gasteiger partial charge >= 0.3 is 0 Å². The minimum atomic E-state index is -0.485. The summed E-state index contributed by atoms with van der Waals surface area (Å²) >= 11 is 0. The highest BCUT2D eigenvalue weighted by Crippen LogP contribution is 2.23. The van der Waals surface area contributed by atoms with Gasteiger partial charge in [0.2, 0.25) is 0 Å². The summed E-state index contributed by atoms with van der Waals surface area (Å²) in [6, 6.07) is 8.87. The van der Waals surface area contributed by atoms with E-state index in [2.05, 4.69) is 10.3 Å². The monoisotopic (exact) mass is 230 g/mol. The molecule has 2 aromatic rings. The Morgan fingerprint density at radius 1 is 1.18 bits per heavy atom. The van der Waals surface area contributed by atoms with E-state index in [9.17, 15) is 9.90 Å². The molecular formula is C12H10N2O3. The van der Waals surface area contributed by atoms with Crippen LogP contribution in [0.4, 0.5) is 5.82 Å². The number of anilines is 1. The van der Waals surface area contributed by atoms with Crippen LogP contribution in [0.2, 0.25) is 0 Å². The molecule has 17 heavy (non-hydrogen) atoms. The normalized spacial score (nSPS) is 9.88. The molecular weight excluding hydrogens is 220 g/mol. The number of hydrogen-bond donors (Lipinski definition) is 3. The van der Waals surface area contributed by atoms with Crippen molar-refractivity contribution < 1.29 is 15.0 Å². The molecule has 5 heteroatoms. The van der Waals surface area contributed by atoms with Gasteiger partial charge in [-0.3, -0.25) is 4.79 Å². The predicted molar refractivity (Wildman–Crippen MR) is 62.0 cm³/mol. The Labute approximate surface area is 97.4 Å². The second-order valence-corrected chi connectivity index (χ2v) is 3.37. The van der Waals surface area contributed by atoms with Crippen LogP contribution in [0.25, 0.3) is 0 Å². The number of amides is 1. The molecule has 1 aromatic carbocycles. The zero-order chi connectivity index (χ0) is 12.3. The van der Waals surface area contributed by atoms with Gasteiger partial charge in [0.1, 0.15) is 17.3 Å². The molecule has 0 saturated heterocycles. The Hall–Kier alpha value is -2.56. The summed E-state index contributed by atoms with van der Waals surface area (Å²) in [5.41, 5.74) is 0.0773. The van der Waals surface area contributed by atoms with Crippen LogP contribution in [0.1, 0.15) is 10.4 Å². The van der Waals surface area contributed by atoms with E-state index >= 15 is 0 Å². The minimum absolute atomic E-state index is 0.0773. The highest BCUT2D eigenvalue weighted by atomic mass is 16.3. The van der Waals surface area contributed by atoms with Crippen molar-refractivity contribution in [2.75, 3.05) is 5.32 Å². The summed E-state index contributed by atoms with van der Waals surface area (Å²) < 4.78 is 0. The highest BCUT2D eigenvalue weighted by molar-refractivity contribution is 6.05. The molecule has 0 spiro atoms.